The standard InChI is InChI=1S/C23H42N2O.2H2/c1-4-5-11-20-12-13-23(16-20)17-21(18-23)22(26)25-15-10-8-6-7-9-14-24-19(2)3;;/h12,19,21,24H,4-11,13-18H2,1-3H3,(H,25,26);2*1H. The van der Waals surface area contributed by atoms with Crippen LogP contribution in [0, 0.1) is 11.3 Å². The van der Waals surface area contributed by atoms with Gasteiger partial charge in [-0.2, -0.15) is 0 Å². The average molecular weight is 367 g/mol. The minimum atomic E-state index is 0. The van der Waals surface area contributed by atoms with E-state index in [0.717, 1.165) is 32.4 Å². The van der Waals surface area contributed by atoms with Crippen LogP contribution in [0.5, 0.6) is 0 Å². The number of allylic oxidation sites excluding steroid dienone is 2. The lowest BCUT2D eigenvalue weighted by atomic mass is 9.60. The molecule has 2 N–H and O–H groups in total. The van der Waals surface area contributed by atoms with Crippen molar-refractivity contribution in [2.24, 2.45) is 11.3 Å². The first kappa shape index (κ1) is 21.5. The Kier molecular flexibility index (Phi) is 9.18. The van der Waals surface area contributed by atoms with Crippen molar-refractivity contribution in [3.8, 4) is 0 Å². The van der Waals surface area contributed by atoms with Crippen molar-refractivity contribution in [3.05, 3.63) is 11.6 Å². The van der Waals surface area contributed by atoms with E-state index in [-0.39, 0.29) is 8.77 Å². The summed E-state index contributed by atoms with van der Waals surface area (Å²) in [4.78, 5) is 12.3. The van der Waals surface area contributed by atoms with Gasteiger partial charge in [-0.25, -0.2) is 0 Å². The topological polar surface area (TPSA) is 41.1 Å². The Hall–Kier alpha value is -0.830. The number of hydrogen-bond acceptors (Lipinski definition) is 2. The molecule has 1 amide bonds. The maximum absolute atomic E-state index is 12.3. The lowest BCUT2D eigenvalue weighted by molar-refractivity contribution is -0.132. The number of carbonyl (C=O) groups is 1. The second-order valence-corrected chi connectivity index (χ2v) is 9.12. The molecule has 2 aliphatic rings. The van der Waals surface area contributed by atoms with Crippen LogP contribution in [0.25, 0.3) is 0 Å². The molecule has 0 saturated heterocycles. The van der Waals surface area contributed by atoms with Crippen LogP contribution in [0.4, 0.5) is 0 Å². The lowest BCUT2D eigenvalue weighted by Crippen LogP contribution is -2.44. The number of rotatable bonds is 13. The van der Waals surface area contributed by atoms with Crippen LogP contribution in [0.3, 0.4) is 0 Å². The molecule has 0 bridgehead atoms. The van der Waals surface area contributed by atoms with Gasteiger partial charge < -0.3 is 10.6 Å². The Labute approximate surface area is 164 Å². The van der Waals surface area contributed by atoms with Gasteiger partial charge in [0.25, 0.3) is 0 Å². The monoisotopic (exact) mass is 366 g/mol. The third-order valence-corrected chi connectivity index (χ3v) is 6.21. The number of hydrogen-bond donors (Lipinski definition) is 2. The van der Waals surface area contributed by atoms with Gasteiger partial charge in [-0.15, -0.1) is 0 Å². The number of carbonyl (C=O) groups excluding carboxylic acids is 1. The maximum Gasteiger partial charge on any atom is 0.223 e. The lowest BCUT2D eigenvalue weighted by Gasteiger charge is -2.45. The summed E-state index contributed by atoms with van der Waals surface area (Å²) < 4.78 is 0. The average Bonchev–Trinajstić information content (AvgIpc) is 3.01. The number of unbranched alkanes of at least 4 members (excludes halogenated alkanes) is 5. The normalized spacial score (nSPS) is 24.8. The van der Waals surface area contributed by atoms with Gasteiger partial charge in [0.1, 0.15) is 0 Å². The summed E-state index contributed by atoms with van der Waals surface area (Å²) in [5, 5.41) is 6.65. The molecular weight excluding hydrogens is 320 g/mol. The first-order valence-corrected chi connectivity index (χ1v) is 11.2. The molecule has 2 rings (SSSR count). The predicted octanol–water partition coefficient (Wildman–Crippen LogP) is 5.85. The van der Waals surface area contributed by atoms with Gasteiger partial charge in [0.2, 0.25) is 5.91 Å². The van der Waals surface area contributed by atoms with Crippen LogP contribution >= 0.6 is 0 Å². The summed E-state index contributed by atoms with van der Waals surface area (Å²) in [7, 11) is 0. The van der Waals surface area contributed by atoms with E-state index in [1.165, 1.54) is 57.8 Å². The predicted molar refractivity (Wildman–Crippen MR) is 115 cm³/mol. The van der Waals surface area contributed by atoms with Crippen molar-refractivity contribution in [3.63, 3.8) is 0 Å². The van der Waals surface area contributed by atoms with E-state index in [9.17, 15) is 4.79 Å². The summed E-state index contributed by atoms with van der Waals surface area (Å²) in [6.07, 6.45) is 17.3. The Morgan fingerprint density at radius 2 is 1.85 bits per heavy atom. The second kappa shape index (κ2) is 11.1. The molecule has 0 aliphatic heterocycles. The van der Waals surface area contributed by atoms with E-state index in [0.29, 0.717) is 17.4 Å². The highest BCUT2D eigenvalue weighted by atomic mass is 16.1. The van der Waals surface area contributed by atoms with Gasteiger partial charge in [-0.05, 0) is 63.3 Å². The largest absolute Gasteiger partial charge is 0.356 e. The fraction of sp³-hybridized carbons (Fsp3) is 0.870. The van der Waals surface area contributed by atoms with Crippen LogP contribution in [0.15, 0.2) is 11.6 Å². The fourth-order valence-corrected chi connectivity index (χ4v) is 4.59. The minimum absolute atomic E-state index is 0. The quantitative estimate of drug-likeness (QED) is 0.317. The molecule has 1 spiro atoms. The van der Waals surface area contributed by atoms with Crippen LogP contribution in [0.2, 0.25) is 0 Å². The molecule has 0 aromatic heterocycles. The van der Waals surface area contributed by atoms with Crippen LogP contribution < -0.4 is 10.6 Å². The molecule has 1 fully saturated rings. The van der Waals surface area contributed by atoms with Crippen molar-refractivity contribution < 1.29 is 7.65 Å². The number of amides is 1. The fourth-order valence-electron chi connectivity index (χ4n) is 4.59. The highest BCUT2D eigenvalue weighted by Gasteiger charge is 2.48. The molecule has 3 heteroatoms. The van der Waals surface area contributed by atoms with Crippen LogP contribution in [-0.4, -0.2) is 25.0 Å². The van der Waals surface area contributed by atoms with Gasteiger partial charge in [-0.3, -0.25) is 4.79 Å². The Morgan fingerprint density at radius 1 is 1.15 bits per heavy atom. The zero-order chi connectivity index (χ0) is 18.8. The smallest absolute Gasteiger partial charge is 0.223 e. The molecule has 2 aliphatic carbocycles. The Balaban J connectivity index is 0.00000364. The second-order valence-electron chi connectivity index (χ2n) is 9.12. The van der Waals surface area contributed by atoms with Crippen LogP contribution in [0.1, 0.15) is 101 Å². The third kappa shape index (κ3) is 7.06. The van der Waals surface area contributed by atoms with E-state index in [2.05, 4.69) is 37.5 Å². The molecule has 3 nitrogen and oxygen atoms in total. The van der Waals surface area contributed by atoms with Gasteiger partial charge in [0.05, 0.1) is 0 Å². The third-order valence-electron chi connectivity index (χ3n) is 6.21. The molecular formula is C23H46N2O. The Morgan fingerprint density at radius 3 is 2.54 bits per heavy atom. The molecule has 154 valence electrons. The zero-order valence-electron chi connectivity index (χ0n) is 17.5. The van der Waals surface area contributed by atoms with E-state index in [1.54, 1.807) is 5.57 Å². The van der Waals surface area contributed by atoms with Crippen molar-refractivity contribution in [1.29, 1.82) is 0 Å². The van der Waals surface area contributed by atoms with Crippen molar-refractivity contribution in [2.45, 2.75) is 104 Å². The zero-order valence-corrected chi connectivity index (χ0v) is 17.5. The maximum atomic E-state index is 12.3. The first-order chi connectivity index (χ1) is 12.5. The van der Waals surface area contributed by atoms with E-state index in [4.69, 9.17) is 0 Å². The Bertz CT molecular complexity index is 460. The molecule has 0 radical (unpaired) electrons. The highest BCUT2D eigenvalue weighted by molar-refractivity contribution is 5.79. The molecule has 0 aromatic rings. The van der Waals surface area contributed by atoms with Gasteiger partial charge in [0, 0.05) is 21.4 Å². The SMILES string of the molecule is CCCCC1=CCC2(C1)CC(C(=O)NCCCCCCCNC(C)C)C2.[HH].[HH]. The summed E-state index contributed by atoms with van der Waals surface area (Å²) in [6.45, 7) is 8.65. The molecule has 0 unspecified atom stereocenters. The van der Waals surface area contributed by atoms with E-state index >= 15 is 0 Å². The van der Waals surface area contributed by atoms with Gasteiger partial charge in [0.15, 0.2) is 0 Å². The molecule has 0 aromatic carbocycles. The summed E-state index contributed by atoms with van der Waals surface area (Å²) in [6, 6.07) is 0.596. The van der Waals surface area contributed by atoms with Crippen LogP contribution in [-0.2, 0) is 4.79 Å². The van der Waals surface area contributed by atoms with Crippen molar-refractivity contribution in [1.82, 2.24) is 10.6 Å². The summed E-state index contributed by atoms with van der Waals surface area (Å²) >= 11 is 0. The summed E-state index contributed by atoms with van der Waals surface area (Å²) in [5.41, 5.74) is 2.13. The van der Waals surface area contributed by atoms with Crippen molar-refractivity contribution >= 4 is 5.91 Å². The minimum Gasteiger partial charge on any atom is -0.356 e. The van der Waals surface area contributed by atoms with Gasteiger partial charge in [-0.1, -0.05) is 58.1 Å². The molecule has 26 heavy (non-hydrogen) atoms. The van der Waals surface area contributed by atoms with Gasteiger partial charge >= 0.3 is 0 Å². The van der Waals surface area contributed by atoms with E-state index in [1.807, 2.05) is 0 Å². The van der Waals surface area contributed by atoms with Crippen molar-refractivity contribution in [2.75, 3.05) is 13.1 Å². The van der Waals surface area contributed by atoms with E-state index < -0.39 is 0 Å². The molecule has 0 heterocycles. The summed E-state index contributed by atoms with van der Waals surface area (Å²) in [5.74, 6) is 0.606. The number of nitrogens with one attached hydrogen (secondary N) is 2. The highest BCUT2D eigenvalue weighted by Crippen LogP contribution is 2.56. The first-order valence-electron chi connectivity index (χ1n) is 11.2. The molecule has 1 saturated carbocycles. The molecule has 0 atom stereocenters.